The van der Waals surface area contributed by atoms with Gasteiger partial charge in [0.05, 0.1) is 22.7 Å². The van der Waals surface area contributed by atoms with Crippen LogP contribution >= 0.6 is 0 Å². The molecular formula is C26H27F3N6O2. The van der Waals surface area contributed by atoms with Crippen molar-refractivity contribution in [2.75, 3.05) is 32.0 Å². The standard InChI is InChI=1S/C26H27F3N6O2/c1-14-13-34(4)8-9-35(14)26(36)37-22-11-20-21(10-17(22)12-30)32-16(3)33-25(20)31-15(2)18-6-5-7-19(23(18)27)24(28)29/h5-7,10-11,14-15,24H,8-9,13H2,1-4H3,(H,31,32,33)/t14-,15+/m0/s1. The second kappa shape index (κ2) is 10.6. The highest BCUT2D eigenvalue weighted by Crippen LogP contribution is 2.33. The maximum absolute atomic E-state index is 14.8. The number of carbonyl (C=O) groups is 1. The van der Waals surface area contributed by atoms with E-state index >= 15 is 0 Å². The molecule has 1 N–H and O–H groups in total. The molecule has 1 aliphatic heterocycles. The second-order valence-corrected chi connectivity index (χ2v) is 9.19. The van der Waals surface area contributed by atoms with Crippen LogP contribution < -0.4 is 10.1 Å². The molecular weight excluding hydrogens is 485 g/mol. The molecule has 0 radical (unpaired) electrons. The lowest BCUT2D eigenvalue weighted by molar-refractivity contribution is 0.0892. The summed E-state index contributed by atoms with van der Waals surface area (Å²) in [5.74, 6) is -0.286. The Hall–Kier alpha value is -3.91. The van der Waals surface area contributed by atoms with Gasteiger partial charge in [0.1, 0.15) is 23.5 Å². The molecule has 8 nitrogen and oxygen atoms in total. The molecule has 0 unspecified atom stereocenters. The third-order valence-electron chi connectivity index (χ3n) is 6.40. The lowest BCUT2D eigenvalue weighted by Crippen LogP contribution is -2.53. The normalized spacial score (nSPS) is 17.1. The Morgan fingerprint density at radius 2 is 1.97 bits per heavy atom. The number of ether oxygens (including phenoxy) is 1. The Kier molecular flexibility index (Phi) is 7.50. The van der Waals surface area contributed by atoms with Crippen molar-refractivity contribution >= 4 is 22.8 Å². The Labute approximate surface area is 212 Å². The molecule has 0 aliphatic carbocycles. The number of nitriles is 1. The summed E-state index contributed by atoms with van der Waals surface area (Å²) in [7, 11) is 1.98. The van der Waals surface area contributed by atoms with Crippen LogP contribution in [-0.4, -0.2) is 58.6 Å². The zero-order chi connectivity index (χ0) is 26.9. The molecule has 4 rings (SSSR count). The van der Waals surface area contributed by atoms with E-state index in [1.807, 2.05) is 20.0 Å². The number of benzene rings is 2. The van der Waals surface area contributed by atoms with Crippen molar-refractivity contribution in [1.82, 2.24) is 19.8 Å². The van der Waals surface area contributed by atoms with Crippen molar-refractivity contribution in [3.8, 4) is 11.8 Å². The van der Waals surface area contributed by atoms with E-state index in [1.54, 1.807) is 18.7 Å². The number of anilines is 1. The van der Waals surface area contributed by atoms with E-state index in [0.29, 0.717) is 36.4 Å². The maximum Gasteiger partial charge on any atom is 0.415 e. The lowest BCUT2D eigenvalue weighted by atomic mass is 10.0. The SMILES string of the molecule is Cc1nc(N[C@H](C)c2cccc(C(F)F)c2F)c2cc(OC(=O)N3CCN(C)C[C@@H]3C)c(C#N)cc2n1. The van der Waals surface area contributed by atoms with Gasteiger partial charge in [-0.1, -0.05) is 18.2 Å². The van der Waals surface area contributed by atoms with Gasteiger partial charge in [0.2, 0.25) is 0 Å². The van der Waals surface area contributed by atoms with Crippen LogP contribution in [0.1, 0.15) is 48.8 Å². The fraction of sp³-hybridized carbons (Fsp3) is 0.385. The topological polar surface area (TPSA) is 94.4 Å². The van der Waals surface area contributed by atoms with Crippen molar-refractivity contribution in [3.05, 3.63) is 58.7 Å². The van der Waals surface area contributed by atoms with Crippen LogP contribution in [0, 0.1) is 24.1 Å². The van der Waals surface area contributed by atoms with Gasteiger partial charge in [0.25, 0.3) is 6.43 Å². The molecule has 1 aliphatic rings. The zero-order valence-corrected chi connectivity index (χ0v) is 20.9. The fourth-order valence-corrected chi connectivity index (χ4v) is 4.47. The number of amides is 1. The maximum atomic E-state index is 14.8. The van der Waals surface area contributed by atoms with Crippen LogP contribution in [0.25, 0.3) is 10.9 Å². The molecule has 0 saturated carbocycles. The summed E-state index contributed by atoms with van der Waals surface area (Å²) >= 11 is 0. The molecule has 2 heterocycles. The second-order valence-electron chi connectivity index (χ2n) is 9.19. The molecule has 3 aromatic rings. The predicted octanol–water partition coefficient (Wildman–Crippen LogP) is 5.19. The number of nitrogens with one attached hydrogen (secondary N) is 1. The third-order valence-corrected chi connectivity index (χ3v) is 6.40. The summed E-state index contributed by atoms with van der Waals surface area (Å²) in [6, 6.07) is 8.07. The predicted molar refractivity (Wildman–Crippen MR) is 132 cm³/mol. The van der Waals surface area contributed by atoms with Gasteiger partial charge in [-0.2, -0.15) is 5.26 Å². The zero-order valence-electron chi connectivity index (χ0n) is 20.9. The van der Waals surface area contributed by atoms with Crippen molar-refractivity contribution in [2.24, 2.45) is 0 Å². The van der Waals surface area contributed by atoms with Gasteiger partial charge in [-0.25, -0.2) is 27.9 Å². The molecule has 2 atom stereocenters. The number of likely N-dealkylation sites (N-methyl/N-ethyl adjacent to an activating group) is 1. The fourth-order valence-electron chi connectivity index (χ4n) is 4.47. The quantitative estimate of drug-likeness (QED) is 0.503. The first-order valence-electron chi connectivity index (χ1n) is 11.8. The van der Waals surface area contributed by atoms with E-state index in [1.165, 1.54) is 24.3 Å². The van der Waals surface area contributed by atoms with Gasteiger partial charge in [-0.15, -0.1) is 0 Å². The first-order valence-corrected chi connectivity index (χ1v) is 11.8. The highest BCUT2D eigenvalue weighted by Gasteiger charge is 2.28. The first kappa shape index (κ1) is 26.2. The highest BCUT2D eigenvalue weighted by molar-refractivity contribution is 5.92. The van der Waals surface area contributed by atoms with E-state index in [2.05, 4.69) is 20.2 Å². The Morgan fingerprint density at radius 3 is 2.65 bits per heavy atom. The van der Waals surface area contributed by atoms with E-state index in [0.717, 1.165) is 6.07 Å². The van der Waals surface area contributed by atoms with Crippen LogP contribution in [-0.2, 0) is 0 Å². The Morgan fingerprint density at radius 1 is 1.24 bits per heavy atom. The monoisotopic (exact) mass is 512 g/mol. The molecule has 194 valence electrons. The Bertz CT molecular complexity index is 1380. The molecule has 1 aromatic heterocycles. The minimum absolute atomic E-state index is 0.0418. The highest BCUT2D eigenvalue weighted by atomic mass is 19.3. The minimum atomic E-state index is -2.95. The van der Waals surface area contributed by atoms with Crippen molar-refractivity contribution in [1.29, 1.82) is 5.26 Å². The average molecular weight is 513 g/mol. The molecule has 0 bridgehead atoms. The number of rotatable bonds is 5. The van der Waals surface area contributed by atoms with Crippen LogP contribution in [0.4, 0.5) is 23.8 Å². The third kappa shape index (κ3) is 5.44. The van der Waals surface area contributed by atoms with Gasteiger partial charge in [0.15, 0.2) is 5.75 Å². The smallest absolute Gasteiger partial charge is 0.409 e. The van der Waals surface area contributed by atoms with Crippen LogP contribution in [0.5, 0.6) is 5.75 Å². The molecule has 1 saturated heterocycles. The molecule has 37 heavy (non-hydrogen) atoms. The first-order chi connectivity index (χ1) is 17.6. The van der Waals surface area contributed by atoms with Crippen molar-refractivity contribution in [3.63, 3.8) is 0 Å². The van der Waals surface area contributed by atoms with E-state index in [-0.39, 0.29) is 28.7 Å². The number of aryl methyl sites for hydroxylation is 1. The van der Waals surface area contributed by atoms with Crippen LogP contribution in [0.15, 0.2) is 30.3 Å². The van der Waals surface area contributed by atoms with Gasteiger partial charge in [-0.3, -0.25) is 0 Å². The number of carbonyl (C=O) groups excluding carboxylic acids is 1. The van der Waals surface area contributed by atoms with Gasteiger partial charge >= 0.3 is 6.09 Å². The molecule has 2 aromatic carbocycles. The van der Waals surface area contributed by atoms with Gasteiger partial charge in [-0.05, 0) is 40.0 Å². The number of hydrogen-bond donors (Lipinski definition) is 1. The number of aromatic nitrogens is 2. The van der Waals surface area contributed by atoms with E-state index in [9.17, 15) is 23.2 Å². The average Bonchev–Trinajstić information content (AvgIpc) is 2.83. The van der Waals surface area contributed by atoms with Gasteiger partial charge in [0, 0.05) is 36.6 Å². The molecule has 1 amide bonds. The number of halogens is 3. The van der Waals surface area contributed by atoms with Crippen LogP contribution in [0.2, 0.25) is 0 Å². The van der Waals surface area contributed by atoms with E-state index < -0.39 is 29.9 Å². The molecule has 1 fully saturated rings. The van der Waals surface area contributed by atoms with Crippen molar-refractivity contribution in [2.45, 2.75) is 39.3 Å². The Balaban J connectivity index is 1.69. The number of alkyl halides is 2. The number of piperazine rings is 1. The summed E-state index contributed by atoms with van der Waals surface area (Å²) in [5.41, 5.74) is -0.101. The number of nitrogens with zero attached hydrogens (tertiary/aromatic N) is 5. The summed E-state index contributed by atoms with van der Waals surface area (Å²) in [5, 5.41) is 13.2. The summed E-state index contributed by atoms with van der Waals surface area (Å²) < 4.78 is 46.8. The molecule has 11 heteroatoms. The van der Waals surface area contributed by atoms with E-state index in [4.69, 9.17) is 4.74 Å². The molecule has 0 spiro atoms. The van der Waals surface area contributed by atoms with Crippen LogP contribution in [0.3, 0.4) is 0 Å². The van der Waals surface area contributed by atoms with Crippen molar-refractivity contribution < 1.29 is 22.7 Å². The largest absolute Gasteiger partial charge is 0.415 e. The summed E-state index contributed by atoms with van der Waals surface area (Å²) in [4.78, 5) is 25.5. The number of hydrogen-bond acceptors (Lipinski definition) is 7. The lowest BCUT2D eigenvalue weighted by Gasteiger charge is -2.37. The summed E-state index contributed by atoms with van der Waals surface area (Å²) in [6.45, 7) is 7.08. The van der Waals surface area contributed by atoms with Gasteiger partial charge < -0.3 is 19.9 Å². The summed E-state index contributed by atoms with van der Waals surface area (Å²) in [6.07, 6.45) is -3.52. The number of fused-ring (bicyclic) bond motifs is 1. The minimum Gasteiger partial charge on any atom is -0.409 e.